The Morgan fingerprint density at radius 3 is 2.39 bits per heavy atom. The molecular formula is C25H35N5O. The van der Waals surface area contributed by atoms with Gasteiger partial charge in [0.2, 0.25) is 0 Å². The first-order valence-electron chi connectivity index (χ1n) is 11.3. The largest absolute Gasteiger partial charge is 0.337 e. The normalized spacial score (nSPS) is 11.6. The van der Waals surface area contributed by atoms with Crippen LogP contribution in [0.3, 0.4) is 0 Å². The van der Waals surface area contributed by atoms with Crippen molar-refractivity contribution in [2.24, 2.45) is 13.0 Å². The Labute approximate surface area is 185 Å². The molecule has 0 saturated heterocycles. The van der Waals surface area contributed by atoms with E-state index >= 15 is 0 Å². The van der Waals surface area contributed by atoms with Crippen molar-refractivity contribution in [1.82, 2.24) is 24.6 Å². The highest BCUT2D eigenvalue weighted by molar-refractivity contribution is 6.07. The van der Waals surface area contributed by atoms with Crippen molar-refractivity contribution in [2.45, 2.75) is 34.6 Å². The smallest absolute Gasteiger partial charge is 0.254 e. The molecule has 1 amide bonds. The zero-order valence-electron chi connectivity index (χ0n) is 19.7. The summed E-state index contributed by atoms with van der Waals surface area (Å²) in [5.74, 6) is 0.447. The molecule has 6 heteroatoms. The van der Waals surface area contributed by atoms with Crippen LogP contribution in [0.15, 0.2) is 36.4 Å². The fraction of sp³-hybridized carbons (Fsp3) is 0.480. The van der Waals surface area contributed by atoms with Crippen molar-refractivity contribution in [3.63, 3.8) is 0 Å². The molecule has 0 N–H and O–H groups in total. The highest BCUT2D eigenvalue weighted by Crippen LogP contribution is 2.28. The molecule has 2 aromatic heterocycles. The molecule has 0 bridgehead atoms. The number of nitrogens with zero attached hydrogens (tertiary/aromatic N) is 5. The lowest BCUT2D eigenvalue weighted by Crippen LogP contribution is -2.40. The Balaban J connectivity index is 2.08. The molecule has 0 aliphatic heterocycles. The number of hydrogen-bond donors (Lipinski definition) is 0. The average molecular weight is 422 g/mol. The molecule has 3 aromatic rings. The number of amides is 1. The van der Waals surface area contributed by atoms with Crippen LogP contribution >= 0.6 is 0 Å². The van der Waals surface area contributed by atoms with E-state index < -0.39 is 0 Å². The zero-order chi connectivity index (χ0) is 22.5. The topological polar surface area (TPSA) is 54.3 Å². The lowest BCUT2D eigenvalue weighted by molar-refractivity contribution is 0.0718. The second-order valence-corrected chi connectivity index (χ2v) is 8.50. The van der Waals surface area contributed by atoms with Gasteiger partial charge in [-0.2, -0.15) is 5.10 Å². The number of carbonyl (C=O) groups is 1. The van der Waals surface area contributed by atoms with Gasteiger partial charge in [0.1, 0.15) is 0 Å². The number of aryl methyl sites for hydroxylation is 2. The molecule has 0 aliphatic carbocycles. The minimum atomic E-state index is 0.0570. The van der Waals surface area contributed by atoms with Crippen LogP contribution in [0, 0.1) is 12.8 Å². The molecule has 0 unspecified atom stereocenters. The fourth-order valence-corrected chi connectivity index (χ4v) is 4.06. The molecule has 166 valence electrons. The monoisotopic (exact) mass is 421 g/mol. The molecule has 0 aliphatic rings. The van der Waals surface area contributed by atoms with Gasteiger partial charge >= 0.3 is 0 Å². The van der Waals surface area contributed by atoms with Crippen LogP contribution < -0.4 is 0 Å². The average Bonchev–Trinajstić information content (AvgIpc) is 3.06. The van der Waals surface area contributed by atoms with E-state index in [4.69, 9.17) is 4.98 Å². The summed E-state index contributed by atoms with van der Waals surface area (Å²) in [4.78, 5) is 23.1. The number of carbonyl (C=O) groups excluding carboxylic acids is 1. The molecule has 0 atom stereocenters. The van der Waals surface area contributed by atoms with Crippen LogP contribution in [-0.4, -0.2) is 63.2 Å². The molecule has 1 aromatic carbocycles. The van der Waals surface area contributed by atoms with Gasteiger partial charge in [0, 0.05) is 32.2 Å². The lowest BCUT2D eigenvalue weighted by Gasteiger charge is -2.28. The number of fused-ring (bicyclic) bond motifs is 1. The van der Waals surface area contributed by atoms with E-state index in [-0.39, 0.29) is 5.91 Å². The number of rotatable bonds is 9. The van der Waals surface area contributed by atoms with Gasteiger partial charge in [-0.3, -0.25) is 9.48 Å². The number of likely N-dealkylation sites (N-methyl/N-ethyl adjacent to an activating group) is 1. The number of aromatic nitrogens is 3. The van der Waals surface area contributed by atoms with Crippen LogP contribution in [0.25, 0.3) is 22.3 Å². The van der Waals surface area contributed by atoms with Crippen molar-refractivity contribution in [1.29, 1.82) is 0 Å². The molecular weight excluding hydrogens is 386 g/mol. The maximum absolute atomic E-state index is 13.9. The van der Waals surface area contributed by atoms with Crippen LogP contribution in [0.4, 0.5) is 0 Å². The van der Waals surface area contributed by atoms with Crippen LogP contribution in [-0.2, 0) is 7.05 Å². The SMILES string of the molecule is CCN(CC)CCN(CC(C)C)C(=O)c1cc(-c2ccccc2)nc2c1c(C)nn2C. The summed E-state index contributed by atoms with van der Waals surface area (Å²) < 4.78 is 1.77. The third-order valence-electron chi connectivity index (χ3n) is 5.72. The maximum atomic E-state index is 13.9. The van der Waals surface area contributed by atoms with E-state index in [9.17, 15) is 4.79 Å². The van der Waals surface area contributed by atoms with E-state index in [1.54, 1.807) is 4.68 Å². The third-order valence-corrected chi connectivity index (χ3v) is 5.72. The standard InChI is InChI=1S/C25H35N5O/c1-7-29(8-2)14-15-30(17-18(3)4)25(31)21-16-22(20-12-10-9-11-13-20)26-24-23(21)19(5)27-28(24)6/h9-13,16,18H,7-8,14-15,17H2,1-6H3. The minimum Gasteiger partial charge on any atom is -0.337 e. The van der Waals surface area contributed by atoms with Crippen molar-refractivity contribution >= 4 is 16.9 Å². The van der Waals surface area contributed by atoms with Crippen molar-refractivity contribution in [3.05, 3.63) is 47.7 Å². The van der Waals surface area contributed by atoms with Gasteiger partial charge in [-0.15, -0.1) is 0 Å². The summed E-state index contributed by atoms with van der Waals surface area (Å²) in [5.41, 5.74) is 4.06. The Kier molecular flexibility index (Phi) is 7.44. The van der Waals surface area contributed by atoms with Gasteiger partial charge in [-0.25, -0.2) is 4.98 Å². The molecule has 2 heterocycles. The first-order valence-corrected chi connectivity index (χ1v) is 11.3. The molecule has 31 heavy (non-hydrogen) atoms. The molecule has 6 nitrogen and oxygen atoms in total. The first kappa shape index (κ1) is 22.9. The van der Waals surface area contributed by atoms with Gasteiger partial charge in [-0.05, 0) is 32.0 Å². The Morgan fingerprint density at radius 1 is 1.10 bits per heavy atom. The van der Waals surface area contributed by atoms with Crippen LogP contribution in [0.2, 0.25) is 0 Å². The Morgan fingerprint density at radius 2 is 1.77 bits per heavy atom. The van der Waals surface area contributed by atoms with Gasteiger partial charge in [-0.1, -0.05) is 58.0 Å². The molecule has 3 rings (SSSR count). The van der Waals surface area contributed by atoms with E-state index in [2.05, 4.69) is 37.7 Å². The fourth-order valence-electron chi connectivity index (χ4n) is 4.06. The van der Waals surface area contributed by atoms with Crippen LogP contribution in [0.5, 0.6) is 0 Å². The summed E-state index contributed by atoms with van der Waals surface area (Å²) in [6.07, 6.45) is 0. The number of pyridine rings is 1. The summed E-state index contributed by atoms with van der Waals surface area (Å²) in [7, 11) is 1.89. The van der Waals surface area contributed by atoms with E-state index in [0.29, 0.717) is 18.0 Å². The van der Waals surface area contributed by atoms with Crippen LogP contribution in [0.1, 0.15) is 43.7 Å². The molecule has 0 radical (unpaired) electrons. The highest BCUT2D eigenvalue weighted by atomic mass is 16.2. The molecule has 0 saturated carbocycles. The van der Waals surface area contributed by atoms with E-state index in [1.165, 1.54) is 0 Å². The summed E-state index contributed by atoms with van der Waals surface area (Å²) >= 11 is 0. The van der Waals surface area contributed by atoms with Gasteiger partial charge in [0.25, 0.3) is 5.91 Å². The first-order chi connectivity index (χ1) is 14.8. The molecule has 0 spiro atoms. The predicted octanol–water partition coefficient (Wildman–Crippen LogP) is 4.38. The van der Waals surface area contributed by atoms with E-state index in [0.717, 1.165) is 54.2 Å². The van der Waals surface area contributed by atoms with Gasteiger partial charge in [0.15, 0.2) is 5.65 Å². The predicted molar refractivity (Wildman–Crippen MR) is 127 cm³/mol. The quantitative estimate of drug-likeness (QED) is 0.514. The molecule has 0 fully saturated rings. The van der Waals surface area contributed by atoms with Gasteiger partial charge in [0.05, 0.1) is 22.3 Å². The highest BCUT2D eigenvalue weighted by Gasteiger charge is 2.24. The maximum Gasteiger partial charge on any atom is 0.254 e. The summed E-state index contributed by atoms with van der Waals surface area (Å²) in [5, 5.41) is 5.41. The Bertz CT molecular complexity index is 1020. The number of benzene rings is 1. The van der Waals surface area contributed by atoms with Crippen molar-refractivity contribution in [3.8, 4) is 11.3 Å². The zero-order valence-corrected chi connectivity index (χ0v) is 19.7. The third kappa shape index (κ3) is 5.13. The van der Waals surface area contributed by atoms with Crippen molar-refractivity contribution < 1.29 is 4.79 Å². The van der Waals surface area contributed by atoms with Gasteiger partial charge < -0.3 is 9.80 Å². The minimum absolute atomic E-state index is 0.0570. The summed E-state index contributed by atoms with van der Waals surface area (Å²) in [6.45, 7) is 14.9. The second-order valence-electron chi connectivity index (χ2n) is 8.50. The van der Waals surface area contributed by atoms with E-state index in [1.807, 2.05) is 55.3 Å². The lowest BCUT2D eigenvalue weighted by atomic mass is 10.0. The Hall–Kier alpha value is -2.73. The summed E-state index contributed by atoms with van der Waals surface area (Å²) in [6, 6.07) is 12.0. The second kappa shape index (κ2) is 10.1. The number of hydrogen-bond acceptors (Lipinski definition) is 4. The van der Waals surface area contributed by atoms with Crippen molar-refractivity contribution in [2.75, 3.05) is 32.7 Å².